The molecule has 0 fully saturated rings. The van der Waals surface area contributed by atoms with E-state index in [4.69, 9.17) is 0 Å². The first-order valence-corrected chi connectivity index (χ1v) is 7.06. The number of rotatable bonds is 3. The van der Waals surface area contributed by atoms with Crippen molar-refractivity contribution in [3.05, 3.63) is 56.8 Å². The molecule has 106 valence electrons. The number of nitro groups is 1. The van der Waals surface area contributed by atoms with Crippen molar-refractivity contribution in [1.82, 2.24) is 4.98 Å². The summed E-state index contributed by atoms with van der Waals surface area (Å²) in [5.74, 6) is 0. The molecular formula is C15H13N3O2S. The van der Waals surface area contributed by atoms with E-state index in [1.807, 2.05) is 20.8 Å². The molecule has 2 aromatic rings. The Kier molecular flexibility index (Phi) is 4.24. The van der Waals surface area contributed by atoms with Crippen molar-refractivity contribution >= 4 is 17.4 Å². The summed E-state index contributed by atoms with van der Waals surface area (Å²) < 4.78 is 0. The molecule has 0 radical (unpaired) electrons. The van der Waals surface area contributed by atoms with E-state index in [0.29, 0.717) is 15.5 Å². The van der Waals surface area contributed by atoms with Crippen LogP contribution in [-0.4, -0.2) is 9.91 Å². The van der Waals surface area contributed by atoms with Crippen molar-refractivity contribution in [3.63, 3.8) is 0 Å². The van der Waals surface area contributed by atoms with Gasteiger partial charge in [0.2, 0.25) is 0 Å². The SMILES string of the molecule is Cc1nc(Sc2ccccc2[N+](=O)[O-])c(C#N)c(C)c1C. The number of para-hydroxylation sites is 1. The number of nitrogens with zero attached hydrogens (tertiary/aromatic N) is 3. The number of hydrogen-bond donors (Lipinski definition) is 0. The molecule has 0 atom stereocenters. The lowest BCUT2D eigenvalue weighted by Gasteiger charge is -2.11. The number of nitro benzene ring substituents is 1. The molecule has 0 unspecified atom stereocenters. The molecule has 6 heteroatoms. The minimum absolute atomic E-state index is 0.0177. The minimum atomic E-state index is -0.428. The highest BCUT2D eigenvalue weighted by Crippen LogP contribution is 2.36. The van der Waals surface area contributed by atoms with Gasteiger partial charge in [-0.1, -0.05) is 23.9 Å². The lowest BCUT2D eigenvalue weighted by atomic mass is 10.1. The maximum absolute atomic E-state index is 11.1. The third kappa shape index (κ3) is 2.88. The Bertz CT molecular complexity index is 766. The molecule has 2 rings (SSSR count). The molecule has 0 N–H and O–H groups in total. The van der Waals surface area contributed by atoms with Crippen molar-refractivity contribution in [1.29, 1.82) is 5.26 Å². The average Bonchev–Trinajstić information content (AvgIpc) is 2.45. The highest BCUT2D eigenvalue weighted by atomic mass is 32.2. The lowest BCUT2D eigenvalue weighted by Crippen LogP contribution is -1.99. The van der Waals surface area contributed by atoms with Crippen LogP contribution in [-0.2, 0) is 0 Å². The van der Waals surface area contributed by atoms with Gasteiger partial charge in [0.15, 0.2) is 0 Å². The quantitative estimate of drug-likeness (QED) is 0.633. The molecule has 5 nitrogen and oxygen atoms in total. The molecular weight excluding hydrogens is 286 g/mol. The summed E-state index contributed by atoms with van der Waals surface area (Å²) >= 11 is 1.16. The Balaban J connectivity index is 2.56. The number of benzene rings is 1. The number of aromatic nitrogens is 1. The van der Waals surface area contributed by atoms with Gasteiger partial charge in [0, 0.05) is 11.8 Å². The fraction of sp³-hybridized carbons (Fsp3) is 0.200. The molecule has 1 aromatic heterocycles. The second kappa shape index (κ2) is 5.94. The van der Waals surface area contributed by atoms with Crippen LogP contribution in [0.4, 0.5) is 5.69 Å². The Morgan fingerprint density at radius 2 is 1.90 bits per heavy atom. The fourth-order valence-corrected chi connectivity index (χ4v) is 3.00. The van der Waals surface area contributed by atoms with Gasteiger partial charge >= 0.3 is 0 Å². The van der Waals surface area contributed by atoms with Crippen LogP contribution in [0.5, 0.6) is 0 Å². The van der Waals surface area contributed by atoms with Gasteiger partial charge in [-0.15, -0.1) is 0 Å². The van der Waals surface area contributed by atoms with Crippen molar-refractivity contribution < 1.29 is 4.92 Å². The number of aryl methyl sites for hydroxylation is 1. The van der Waals surface area contributed by atoms with Crippen molar-refractivity contribution in [2.45, 2.75) is 30.7 Å². The van der Waals surface area contributed by atoms with Crippen LogP contribution in [0, 0.1) is 42.2 Å². The molecule has 21 heavy (non-hydrogen) atoms. The summed E-state index contributed by atoms with van der Waals surface area (Å²) in [5.41, 5.74) is 3.16. The molecule has 0 aliphatic rings. The normalized spacial score (nSPS) is 10.2. The summed E-state index contributed by atoms with van der Waals surface area (Å²) in [6, 6.07) is 8.61. The molecule has 1 heterocycles. The summed E-state index contributed by atoms with van der Waals surface area (Å²) in [6.07, 6.45) is 0. The Morgan fingerprint density at radius 3 is 2.52 bits per heavy atom. The molecule has 0 saturated carbocycles. The zero-order valence-electron chi connectivity index (χ0n) is 11.9. The number of nitriles is 1. The van der Waals surface area contributed by atoms with E-state index in [0.717, 1.165) is 28.6 Å². The number of pyridine rings is 1. The van der Waals surface area contributed by atoms with E-state index in [1.54, 1.807) is 18.2 Å². The Hall–Kier alpha value is -2.39. The molecule has 1 aromatic carbocycles. The summed E-state index contributed by atoms with van der Waals surface area (Å²) in [7, 11) is 0. The maximum atomic E-state index is 11.1. The van der Waals surface area contributed by atoms with Crippen LogP contribution in [0.15, 0.2) is 34.2 Å². The Labute approximate surface area is 126 Å². The van der Waals surface area contributed by atoms with Crippen molar-refractivity contribution in [2.75, 3.05) is 0 Å². The van der Waals surface area contributed by atoms with Crippen LogP contribution in [0.3, 0.4) is 0 Å². The fourth-order valence-electron chi connectivity index (χ4n) is 1.92. The highest BCUT2D eigenvalue weighted by molar-refractivity contribution is 7.99. The van der Waals surface area contributed by atoms with Gasteiger partial charge in [-0.3, -0.25) is 10.1 Å². The van der Waals surface area contributed by atoms with Gasteiger partial charge in [0.05, 0.1) is 15.4 Å². The van der Waals surface area contributed by atoms with Crippen LogP contribution in [0.1, 0.15) is 22.4 Å². The lowest BCUT2D eigenvalue weighted by molar-refractivity contribution is -0.387. The molecule has 0 amide bonds. The molecule has 0 saturated heterocycles. The van der Waals surface area contributed by atoms with E-state index in [9.17, 15) is 15.4 Å². The maximum Gasteiger partial charge on any atom is 0.283 e. The first kappa shape index (κ1) is 15.0. The van der Waals surface area contributed by atoms with Crippen LogP contribution in [0.25, 0.3) is 0 Å². The predicted molar refractivity (Wildman–Crippen MR) is 80.4 cm³/mol. The summed E-state index contributed by atoms with van der Waals surface area (Å²) in [6.45, 7) is 5.65. The molecule has 0 aliphatic heterocycles. The van der Waals surface area contributed by atoms with Gasteiger partial charge in [-0.2, -0.15) is 5.26 Å². The van der Waals surface area contributed by atoms with E-state index in [-0.39, 0.29) is 5.69 Å². The largest absolute Gasteiger partial charge is 0.283 e. The van der Waals surface area contributed by atoms with Crippen molar-refractivity contribution in [3.8, 4) is 6.07 Å². The van der Waals surface area contributed by atoms with Gasteiger partial charge in [-0.05, 0) is 38.0 Å². The van der Waals surface area contributed by atoms with E-state index in [2.05, 4.69) is 11.1 Å². The molecule has 0 bridgehead atoms. The van der Waals surface area contributed by atoms with Crippen molar-refractivity contribution in [2.24, 2.45) is 0 Å². The number of hydrogen-bond acceptors (Lipinski definition) is 5. The van der Waals surface area contributed by atoms with Gasteiger partial charge in [-0.25, -0.2) is 4.98 Å². The van der Waals surface area contributed by atoms with Gasteiger partial charge < -0.3 is 0 Å². The zero-order valence-corrected chi connectivity index (χ0v) is 12.7. The predicted octanol–water partition coefficient (Wildman–Crippen LogP) is 3.94. The first-order valence-electron chi connectivity index (χ1n) is 6.25. The summed E-state index contributed by atoms with van der Waals surface area (Å²) in [5, 5.41) is 20.9. The second-order valence-electron chi connectivity index (χ2n) is 4.57. The van der Waals surface area contributed by atoms with Crippen LogP contribution < -0.4 is 0 Å². The van der Waals surface area contributed by atoms with Crippen LogP contribution >= 0.6 is 11.8 Å². The van der Waals surface area contributed by atoms with E-state index < -0.39 is 4.92 Å². The average molecular weight is 299 g/mol. The monoisotopic (exact) mass is 299 g/mol. The van der Waals surface area contributed by atoms with Gasteiger partial charge in [0.25, 0.3) is 5.69 Å². The van der Waals surface area contributed by atoms with Gasteiger partial charge in [0.1, 0.15) is 11.1 Å². The minimum Gasteiger partial charge on any atom is -0.258 e. The topological polar surface area (TPSA) is 79.8 Å². The Morgan fingerprint density at radius 1 is 1.24 bits per heavy atom. The highest BCUT2D eigenvalue weighted by Gasteiger charge is 2.18. The summed E-state index contributed by atoms with van der Waals surface area (Å²) in [4.78, 5) is 15.5. The third-order valence-corrected chi connectivity index (χ3v) is 4.40. The second-order valence-corrected chi connectivity index (χ2v) is 5.60. The standard InChI is InChI=1S/C15H13N3O2S/c1-9-10(2)12(8-16)15(17-11(9)3)21-14-7-5-4-6-13(14)18(19)20/h4-7H,1-3H3. The van der Waals surface area contributed by atoms with E-state index >= 15 is 0 Å². The van der Waals surface area contributed by atoms with E-state index in [1.165, 1.54) is 6.07 Å². The molecule has 0 aliphatic carbocycles. The zero-order chi connectivity index (χ0) is 15.6. The molecule has 0 spiro atoms. The van der Waals surface area contributed by atoms with Crippen LogP contribution in [0.2, 0.25) is 0 Å². The third-order valence-electron chi connectivity index (χ3n) is 3.34. The first-order chi connectivity index (χ1) is 9.95. The smallest absolute Gasteiger partial charge is 0.258 e.